The highest BCUT2D eigenvalue weighted by Gasteiger charge is 2.55. The molecule has 0 amide bonds. The summed E-state index contributed by atoms with van der Waals surface area (Å²) in [5.41, 5.74) is 1.68. The van der Waals surface area contributed by atoms with E-state index in [2.05, 4.69) is 20.1 Å². The van der Waals surface area contributed by atoms with Gasteiger partial charge in [-0.1, -0.05) is 23.4 Å². The third-order valence-electron chi connectivity index (χ3n) is 6.16. The molecule has 3 aromatic heterocycles. The van der Waals surface area contributed by atoms with Crippen LogP contribution in [0.4, 0.5) is 8.78 Å². The first-order chi connectivity index (χ1) is 15.0. The molecule has 2 aliphatic rings. The number of imidazole rings is 1. The molecule has 8 nitrogen and oxygen atoms in total. The number of halogens is 2. The van der Waals surface area contributed by atoms with Crippen LogP contribution in [0.1, 0.15) is 29.6 Å². The second-order valence-electron chi connectivity index (χ2n) is 8.02. The van der Waals surface area contributed by atoms with Gasteiger partial charge in [-0.15, -0.1) is 0 Å². The van der Waals surface area contributed by atoms with Gasteiger partial charge in [0.05, 0.1) is 6.33 Å². The minimum atomic E-state index is -0.840. The summed E-state index contributed by atoms with van der Waals surface area (Å²) in [5.74, 6) is -0.248. The van der Waals surface area contributed by atoms with Crippen molar-refractivity contribution >= 4 is 16.7 Å². The Hall–Kier alpha value is -3.69. The van der Waals surface area contributed by atoms with Crippen LogP contribution in [-0.4, -0.2) is 29.2 Å². The van der Waals surface area contributed by atoms with E-state index < -0.39 is 11.6 Å². The van der Waals surface area contributed by atoms with E-state index >= 15 is 0 Å². The van der Waals surface area contributed by atoms with Gasteiger partial charge < -0.3 is 9.09 Å². The number of benzene rings is 1. The molecule has 156 valence electrons. The quantitative estimate of drug-likeness (QED) is 0.502. The molecule has 2 aliphatic carbocycles. The van der Waals surface area contributed by atoms with Gasteiger partial charge >= 0.3 is 0 Å². The molecule has 31 heavy (non-hydrogen) atoms. The first kappa shape index (κ1) is 18.1. The Morgan fingerprint density at radius 1 is 1.23 bits per heavy atom. The maximum absolute atomic E-state index is 14.1. The van der Waals surface area contributed by atoms with Crippen LogP contribution in [0.15, 0.2) is 46.2 Å². The van der Waals surface area contributed by atoms with Crippen LogP contribution in [0.3, 0.4) is 0 Å². The summed E-state index contributed by atoms with van der Waals surface area (Å²) in [6.45, 7) is 0.109. The van der Waals surface area contributed by atoms with Crippen molar-refractivity contribution < 1.29 is 13.3 Å². The number of fused-ring (bicyclic) bond motifs is 2. The van der Waals surface area contributed by atoms with Gasteiger partial charge in [-0.3, -0.25) is 9.36 Å². The minimum Gasteiger partial charge on any atom is -0.337 e. The molecule has 4 aromatic rings. The third-order valence-corrected chi connectivity index (χ3v) is 6.16. The number of allylic oxidation sites excluding steroid dienone is 2. The van der Waals surface area contributed by atoms with Crippen LogP contribution in [0.25, 0.3) is 16.7 Å². The van der Waals surface area contributed by atoms with E-state index in [0.29, 0.717) is 34.9 Å². The van der Waals surface area contributed by atoms with Gasteiger partial charge in [0.2, 0.25) is 5.89 Å². The standard InChI is InChI=1S/C21H16F2N6O2/c1-28-8-24-20-18(28)21(30)29(9-25-20)7-15-26-19(27-31-15)16-12-5-10(6-13(12)16)11-3-2-4-14(22)17(11)23/h2-5,8-9,12-13,16H,6-7H2,1H3. The van der Waals surface area contributed by atoms with E-state index in [0.717, 1.165) is 11.6 Å². The van der Waals surface area contributed by atoms with Crippen molar-refractivity contribution in [1.82, 2.24) is 29.2 Å². The number of rotatable bonds is 4. The van der Waals surface area contributed by atoms with E-state index in [1.807, 2.05) is 6.08 Å². The lowest BCUT2D eigenvalue weighted by molar-refractivity contribution is 0.364. The van der Waals surface area contributed by atoms with Crippen LogP contribution in [0, 0.1) is 23.5 Å². The van der Waals surface area contributed by atoms with Crippen molar-refractivity contribution in [1.29, 1.82) is 0 Å². The Balaban J connectivity index is 1.21. The average Bonchev–Trinajstić information content (AvgIpc) is 3.18. The fourth-order valence-electron chi connectivity index (χ4n) is 4.56. The molecule has 3 atom stereocenters. The van der Waals surface area contributed by atoms with Gasteiger partial charge in [0.1, 0.15) is 12.9 Å². The van der Waals surface area contributed by atoms with E-state index in [1.54, 1.807) is 17.7 Å². The second-order valence-corrected chi connectivity index (χ2v) is 8.02. The number of hydrogen-bond donors (Lipinski definition) is 0. The zero-order valence-electron chi connectivity index (χ0n) is 16.4. The van der Waals surface area contributed by atoms with E-state index in [1.165, 1.54) is 23.3 Å². The molecule has 1 fully saturated rings. The predicted molar refractivity (Wildman–Crippen MR) is 105 cm³/mol. The number of aryl methyl sites for hydroxylation is 1. The fraction of sp³-hybridized carbons (Fsp3) is 0.286. The SMILES string of the molecule is Cn1cnc2ncn(Cc3nc(C4C5C=C(c6cccc(F)c6F)CC54)no3)c(=O)c21. The molecular formula is C21H16F2N6O2. The van der Waals surface area contributed by atoms with Crippen molar-refractivity contribution in [3.05, 3.63) is 76.2 Å². The van der Waals surface area contributed by atoms with E-state index in [4.69, 9.17) is 4.52 Å². The molecule has 0 bridgehead atoms. The summed E-state index contributed by atoms with van der Waals surface area (Å²) in [6, 6.07) is 4.23. The average molecular weight is 422 g/mol. The Morgan fingerprint density at radius 2 is 2.06 bits per heavy atom. The predicted octanol–water partition coefficient (Wildman–Crippen LogP) is 2.66. The first-order valence-corrected chi connectivity index (χ1v) is 9.85. The molecule has 1 saturated carbocycles. The Bertz CT molecular complexity index is 1440. The largest absolute Gasteiger partial charge is 0.337 e. The number of hydrogen-bond acceptors (Lipinski definition) is 6. The van der Waals surface area contributed by atoms with Gasteiger partial charge in [-0.25, -0.2) is 18.7 Å². The normalized spacial score (nSPS) is 22.0. The van der Waals surface area contributed by atoms with Crippen molar-refractivity contribution in [3.63, 3.8) is 0 Å². The summed E-state index contributed by atoms with van der Waals surface area (Å²) in [5, 5.41) is 4.08. The number of aromatic nitrogens is 6. The van der Waals surface area contributed by atoms with Crippen LogP contribution >= 0.6 is 0 Å². The van der Waals surface area contributed by atoms with Gasteiger partial charge in [-0.2, -0.15) is 4.98 Å². The number of nitrogens with zero attached hydrogens (tertiary/aromatic N) is 6. The molecule has 6 rings (SSSR count). The molecule has 0 radical (unpaired) electrons. The molecule has 0 aliphatic heterocycles. The topological polar surface area (TPSA) is 91.6 Å². The third kappa shape index (κ3) is 2.74. The highest BCUT2D eigenvalue weighted by molar-refractivity contribution is 5.71. The van der Waals surface area contributed by atoms with Crippen molar-refractivity contribution in [2.24, 2.45) is 18.9 Å². The minimum absolute atomic E-state index is 0.0901. The summed E-state index contributed by atoms with van der Waals surface area (Å²) >= 11 is 0. The first-order valence-electron chi connectivity index (χ1n) is 9.85. The van der Waals surface area contributed by atoms with Crippen LogP contribution in [0.5, 0.6) is 0 Å². The molecule has 0 spiro atoms. The Kier molecular flexibility index (Phi) is 3.74. The van der Waals surface area contributed by atoms with Crippen molar-refractivity contribution in [3.8, 4) is 0 Å². The summed E-state index contributed by atoms with van der Waals surface area (Å²) in [4.78, 5) is 25.4. The van der Waals surface area contributed by atoms with Gasteiger partial charge in [0.25, 0.3) is 5.56 Å². The second kappa shape index (κ2) is 6.40. The summed E-state index contributed by atoms with van der Waals surface area (Å²) in [6.07, 6.45) is 5.57. The Labute approximate surface area is 173 Å². The maximum Gasteiger partial charge on any atom is 0.280 e. The highest BCUT2D eigenvalue weighted by Crippen LogP contribution is 2.62. The van der Waals surface area contributed by atoms with Gasteiger partial charge in [0.15, 0.2) is 28.6 Å². The van der Waals surface area contributed by atoms with Crippen LogP contribution in [0.2, 0.25) is 0 Å². The monoisotopic (exact) mass is 422 g/mol. The zero-order valence-corrected chi connectivity index (χ0v) is 16.4. The van der Waals surface area contributed by atoms with E-state index in [9.17, 15) is 13.6 Å². The van der Waals surface area contributed by atoms with Crippen LogP contribution < -0.4 is 5.56 Å². The lowest BCUT2D eigenvalue weighted by Gasteiger charge is -2.07. The molecule has 10 heteroatoms. The molecule has 3 unspecified atom stereocenters. The lowest BCUT2D eigenvalue weighted by atomic mass is 10.00. The van der Waals surface area contributed by atoms with Gasteiger partial charge in [0, 0.05) is 18.5 Å². The smallest absolute Gasteiger partial charge is 0.280 e. The molecule has 1 aromatic carbocycles. The van der Waals surface area contributed by atoms with Crippen molar-refractivity contribution in [2.45, 2.75) is 18.9 Å². The zero-order chi connectivity index (χ0) is 21.3. The summed E-state index contributed by atoms with van der Waals surface area (Å²) in [7, 11) is 1.73. The molecule has 3 heterocycles. The highest BCUT2D eigenvalue weighted by atomic mass is 19.2. The fourth-order valence-corrected chi connectivity index (χ4v) is 4.56. The molecular weight excluding hydrogens is 406 g/mol. The van der Waals surface area contributed by atoms with E-state index in [-0.39, 0.29) is 29.9 Å². The van der Waals surface area contributed by atoms with Crippen molar-refractivity contribution in [2.75, 3.05) is 0 Å². The molecule has 0 N–H and O–H groups in total. The lowest BCUT2D eigenvalue weighted by Crippen LogP contribution is -2.22. The molecule has 0 saturated heterocycles. The van der Waals surface area contributed by atoms with Crippen LogP contribution in [-0.2, 0) is 13.6 Å². The maximum atomic E-state index is 14.1. The van der Waals surface area contributed by atoms with Gasteiger partial charge in [-0.05, 0) is 29.9 Å². The summed E-state index contributed by atoms with van der Waals surface area (Å²) < 4.78 is 36.0. The Morgan fingerprint density at radius 3 is 2.87 bits per heavy atom.